The molecule has 0 saturated carbocycles. The predicted octanol–water partition coefficient (Wildman–Crippen LogP) is 5.51. The van der Waals surface area contributed by atoms with Gasteiger partial charge < -0.3 is 15.0 Å². The van der Waals surface area contributed by atoms with E-state index in [-0.39, 0.29) is 30.8 Å². The molecule has 1 aliphatic carbocycles. The molecule has 3 aromatic rings. The van der Waals surface area contributed by atoms with Crippen LogP contribution in [0.1, 0.15) is 50.2 Å². The fourth-order valence-corrected chi connectivity index (χ4v) is 5.96. The highest BCUT2D eigenvalue weighted by Gasteiger charge is 2.54. The summed E-state index contributed by atoms with van der Waals surface area (Å²) in [7, 11) is 0. The van der Waals surface area contributed by atoms with Gasteiger partial charge in [-0.15, -0.1) is 0 Å². The molecule has 5 rings (SSSR count). The van der Waals surface area contributed by atoms with Gasteiger partial charge in [-0.3, -0.25) is 14.4 Å². The molecule has 2 aliphatic rings. The minimum absolute atomic E-state index is 0.0339. The van der Waals surface area contributed by atoms with Crippen molar-refractivity contribution in [1.82, 2.24) is 10.2 Å². The standard InChI is InChI=1S/C32H34N2O4/c1-2-38-31(37)32-18-9-8-17-28(32)34(22-25-15-10-14-24-13-6-7-16-27(24)25)30(36)26(20-32)19-29(35)33-21-23-11-4-3-5-12-23/h3-7,10-17,26H,2,8-9,18-22H2,1H3,(H,33,35)/t26-,32+/m1/s1. The molecule has 1 heterocycles. The van der Waals surface area contributed by atoms with Crippen LogP contribution in [0.2, 0.25) is 0 Å². The van der Waals surface area contributed by atoms with Crippen molar-refractivity contribution in [3.05, 3.63) is 95.7 Å². The molecular formula is C32H34N2O4. The Morgan fingerprint density at radius 3 is 2.61 bits per heavy atom. The predicted molar refractivity (Wildman–Crippen MR) is 147 cm³/mol. The van der Waals surface area contributed by atoms with Crippen LogP contribution in [0.15, 0.2) is 84.6 Å². The van der Waals surface area contributed by atoms with Gasteiger partial charge in [-0.1, -0.05) is 78.9 Å². The van der Waals surface area contributed by atoms with Crippen LogP contribution >= 0.6 is 0 Å². The highest BCUT2D eigenvalue weighted by molar-refractivity contribution is 5.93. The number of carbonyl (C=O) groups is 3. The highest BCUT2D eigenvalue weighted by atomic mass is 16.5. The number of amides is 2. The number of allylic oxidation sites excluding steroid dienone is 1. The van der Waals surface area contributed by atoms with E-state index in [4.69, 9.17) is 4.74 Å². The first-order chi connectivity index (χ1) is 18.5. The number of carbonyl (C=O) groups excluding carboxylic acids is 3. The number of fused-ring (bicyclic) bond motifs is 2. The Morgan fingerprint density at radius 2 is 1.79 bits per heavy atom. The second-order valence-corrected chi connectivity index (χ2v) is 10.2. The molecule has 38 heavy (non-hydrogen) atoms. The van der Waals surface area contributed by atoms with E-state index >= 15 is 0 Å². The second kappa shape index (κ2) is 11.2. The second-order valence-electron chi connectivity index (χ2n) is 10.2. The van der Waals surface area contributed by atoms with E-state index in [1.54, 1.807) is 11.8 Å². The largest absolute Gasteiger partial charge is 0.465 e. The van der Waals surface area contributed by atoms with Gasteiger partial charge in [0.15, 0.2) is 0 Å². The number of rotatable bonds is 8. The fourth-order valence-electron chi connectivity index (χ4n) is 5.96. The monoisotopic (exact) mass is 510 g/mol. The molecule has 0 aromatic heterocycles. The average Bonchev–Trinajstić information content (AvgIpc) is 2.95. The summed E-state index contributed by atoms with van der Waals surface area (Å²) in [6.07, 6.45) is 4.62. The Balaban J connectivity index is 1.46. The Bertz CT molecular complexity index is 1360. The van der Waals surface area contributed by atoms with Crippen LogP contribution in [-0.2, 0) is 32.2 Å². The number of ether oxygens (including phenoxy) is 1. The maximum atomic E-state index is 14.0. The van der Waals surface area contributed by atoms with E-state index < -0.39 is 11.3 Å². The molecule has 0 unspecified atom stereocenters. The third-order valence-electron chi connectivity index (χ3n) is 7.78. The van der Waals surface area contributed by atoms with Gasteiger partial charge in [0.2, 0.25) is 11.8 Å². The number of hydrogen-bond acceptors (Lipinski definition) is 4. The van der Waals surface area contributed by atoms with Gasteiger partial charge in [0.05, 0.1) is 13.2 Å². The summed E-state index contributed by atoms with van der Waals surface area (Å²) in [5.74, 6) is -1.21. The molecule has 1 N–H and O–H groups in total. The Morgan fingerprint density at radius 1 is 1.03 bits per heavy atom. The Hall–Kier alpha value is -3.93. The lowest BCUT2D eigenvalue weighted by atomic mass is 9.66. The lowest BCUT2D eigenvalue weighted by Gasteiger charge is -2.48. The summed E-state index contributed by atoms with van der Waals surface area (Å²) in [6.45, 7) is 2.81. The molecule has 1 saturated heterocycles. The molecule has 1 fully saturated rings. The van der Waals surface area contributed by atoms with Crippen molar-refractivity contribution < 1.29 is 19.1 Å². The van der Waals surface area contributed by atoms with Crippen molar-refractivity contribution in [2.24, 2.45) is 11.3 Å². The zero-order valence-corrected chi connectivity index (χ0v) is 21.8. The van der Waals surface area contributed by atoms with E-state index in [1.165, 1.54) is 0 Å². The van der Waals surface area contributed by atoms with Crippen molar-refractivity contribution in [2.75, 3.05) is 6.61 Å². The van der Waals surface area contributed by atoms with E-state index in [9.17, 15) is 14.4 Å². The molecule has 1 aliphatic heterocycles. The number of nitrogens with one attached hydrogen (secondary N) is 1. The first-order valence-corrected chi connectivity index (χ1v) is 13.5. The van der Waals surface area contributed by atoms with Gasteiger partial charge in [-0.25, -0.2) is 0 Å². The van der Waals surface area contributed by atoms with E-state index in [2.05, 4.69) is 23.5 Å². The van der Waals surface area contributed by atoms with E-state index in [1.807, 2.05) is 60.7 Å². The number of hydrogen-bond donors (Lipinski definition) is 1. The van der Waals surface area contributed by atoms with Crippen LogP contribution in [0, 0.1) is 11.3 Å². The Labute approximate surface area is 223 Å². The highest BCUT2D eigenvalue weighted by Crippen LogP contribution is 2.50. The first kappa shape index (κ1) is 25.7. The van der Waals surface area contributed by atoms with Gasteiger partial charge in [0.1, 0.15) is 5.41 Å². The normalized spacial score (nSPS) is 21.0. The van der Waals surface area contributed by atoms with Crippen molar-refractivity contribution in [1.29, 1.82) is 0 Å². The lowest BCUT2D eigenvalue weighted by molar-refractivity contribution is -0.162. The molecule has 2 amide bonds. The van der Waals surface area contributed by atoms with Crippen LogP contribution in [-0.4, -0.2) is 29.3 Å². The summed E-state index contributed by atoms with van der Waals surface area (Å²) >= 11 is 0. The summed E-state index contributed by atoms with van der Waals surface area (Å²) in [5.41, 5.74) is 1.82. The smallest absolute Gasteiger partial charge is 0.318 e. The minimum atomic E-state index is -0.920. The number of nitrogens with zero attached hydrogens (tertiary/aromatic N) is 1. The molecule has 6 nitrogen and oxygen atoms in total. The van der Waals surface area contributed by atoms with Crippen LogP contribution in [0.4, 0.5) is 0 Å². The van der Waals surface area contributed by atoms with Crippen molar-refractivity contribution >= 4 is 28.6 Å². The zero-order chi connectivity index (χ0) is 26.5. The Kier molecular flexibility index (Phi) is 7.59. The summed E-state index contributed by atoms with van der Waals surface area (Å²) in [6, 6.07) is 23.9. The average molecular weight is 511 g/mol. The van der Waals surface area contributed by atoms with Crippen molar-refractivity contribution in [3.8, 4) is 0 Å². The van der Waals surface area contributed by atoms with E-state index in [0.717, 1.165) is 40.4 Å². The van der Waals surface area contributed by atoms with Crippen molar-refractivity contribution in [3.63, 3.8) is 0 Å². The fraction of sp³-hybridized carbons (Fsp3) is 0.344. The van der Waals surface area contributed by atoms with Crippen LogP contribution < -0.4 is 5.32 Å². The topological polar surface area (TPSA) is 75.7 Å². The van der Waals surface area contributed by atoms with Crippen molar-refractivity contribution in [2.45, 2.75) is 52.1 Å². The van der Waals surface area contributed by atoms with Gasteiger partial charge in [-0.05, 0) is 54.5 Å². The SMILES string of the molecule is CCOC(=O)[C@]12CCCC=C1N(Cc1cccc3ccccc13)C(=O)[C@H](CC(=O)NCc1ccccc1)C2. The maximum absolute atomic E-state index is 14.0. The zero-order valence-electron chi connectivity index (χ0n) is 21.8. The summed E-state index contributed by atoms with van der Waals surface area (Å²) in [4.78, 5) is 42.3. The first-order valence-electron chi connectivity index (χ1n) is 13.5. The van der Waals surface area contributed by atoms with Gasteiger partial charge in [-0.2, -0.15) is 0 Å². The molecule has 3 aromatic carbocycles. The quantitative estimate of drug-likeness (QED) is 0.406. The molecule has 6 heteroatoms. The lowest BCUT2D eigenvalue weighted by Crippen LogP contribution is -2.54. The van der Waals surface area contributed by atoms with Gasteiger partial charge >= 0.3 is 5.97 Å². The molecule has 0 spiro atoms. The van der Waals surface area contributed by atoms with E-state index in [0.29, 0.717) is 25.9 Å². The minimum Gasteiger partial charge on any atom is -0.465 e. The van der Waals surface area contributed by atoms with Crippen LogP contribution in [0.3, 0.4) is 0 Å². The van der Waals surface area contributed by atoms with Crippen LogP contribution in [0.5, 0.6) is 0 Å². The van der Waals surface area contributed by atoms with Crippen LogP contribution in [0.25, 0.3) is 10.8 Å². The number of benzene rings is 3. The number of piperidine rings is 1. The molecule has 0 radical (unpaired) electrons. The molecule has 2 atom stereocenters. The maximum Gasteiger partial charge on any atom is 0.318 e. The molecule has 0 bridgehead atoms. The summed E-state index contributed by atoms with van der Waals surface area (Å²) in [5, 5.41) is 5.12. The number of likely N-dealkylation sites (tertiary alicyclic amines) is 1. The third kappa shape index (κ3) is 5.08. The van der Waals surface area contributed by atoms with Gasteiger partial charge in [0, 0.05) is 24.6 Å². The summed E-state index contributed by atoms with van der Waals surface area (Å²) < 4.78 is 5.59. The third-order valence-corrected chi connectivity index (χ3v) is 7.78. The molecule has 196 valence electrons. The molecular weight excluding hydrogens is 476 g/mol. The van der Waals surface area contributed by atoms with Gasteiger partial charge in [0.25, 0.3) is 0 Å². The number of esters is 1.